The zero-order chi connectivity index (χ0) is 16.3. The van der Waals surface area contributed by atoms with E-state index >= 15 is 0 Å². The molecule has 0 aliphatic carbocycles. The minimum atomic E-state index is -1.86. The van der Waals surface area contributed by atoms with Crippen LogP contribution in [0.15, 0.2) is 52.3 Å². The molecule has 0 unspecified atom stereocenters. The van der Waals surface area contributed by atoms with Gasteiger partial charge in [0.1, 0.15) is 0 Å². The Balaban J connectivity index is 2.59. The van der Waals surface area contributed by atoms with Gasteiger partial charge in [-0.05, 0) is 30.3 Å². The fraction of sp³-hybridized carbons (Fsp3) is 0.0667. The van der Waals surface area contributed by atoms with Crippen LogP contribution in [0.5, 0.6) is 0 Å². The summed E-state index contributed by atoms with van der Waals surface area (Å²) in [6.07, 6.45) is 0. The summed E-state index contributed by atoms with van der Waals surface area (Å²) in [7, 11) is -0.406. The van der Waals surface area contributed by atoms with Crippen LogP contribution in [0.3, 0.4) is 0 Å². The van der Waals surface area contributed by atoms with Crippen molar-refractivity contribution in [2.24, 2.45) is 0 Å². The quantitative estimate of drug-likeness (QED) is 0.909. The first-order valence-corrected chi connectivity index (χ1v) is 7.72. The maximum Gasteiger partial charge on any atom is 0.252 e. The van der Waals surface area contributed by atoms with Crippen LogP contribution >= 0.6 is 11.6 Å². The first-order chi connectivity index (χ1) is 10.5. The largest absolute Gasteiger partial charge is 0.545 e. The first kappa shape index (κ1) is 16.2. The predicted molar refractivity (Wildman–Crippen MR) is 80.3 cm³/mol. The Bertz CT molecular complexity index is 776. The van der Waals surface area contributed by atoms with Gasteiger partial charge >= 0.3 is 0 Å². The highest BCUT2D eigenvalue weighted by atomic mass is 35.5. The molecule has 2 rings (SSSR count). The van der Waals surface area contributed by atoms with Crippen molar-refractivity contribution in [2.45, 2.75) is 9.79 Å². The van der Waals surface area contributed by atoms with Crippen molar-refractivity contribution < 1.29 is 18.9 Å². The number of carbonyl (C=O) groups excluding carboxylic acids is 2. The molecular weight excluding hydrogens is 326 g/mol. The molecule has 0 radical (unpaired) electrons. The van der Waals surface area contributed by atoms with E-state index in [1.165, 1.54) is 37.4 Å². The predicted octanol–water partition coefficient (Wildman–Crippen LogP) is 1.23. The van der Waals surface area contributed by atoms with Crippen LogP contribution in [-0.4, -0.2) is 23.1 Å². The van der Waals surface area contributed by atoms with Crippen molar-refractivity contribution in [1.29, 1.82) is 0 Å². The van der Waals surface area contributed by atoms with E-state index in [4.69, 9.17) is 11.6 Å². The highest BCUT2D eigenvalue weighted by Gasteiger charge is 2.19. The SMILES string of the molecule is CNC(=O)c1ccccc1[S@](=O)c1ccc(Cl)cc1C(=O)[O-]. The fourth-order valence-electron chi connectivity index (χ4n) is 1.89. The van der Waals surface area contributed by atoms with Crippen molar-refractivity contribution in [3.05, 3.63) is 58.6 Å². The number of carbonyl (C=O) groups is 2. The number of aromatic carboxylic acids is 1. The molecule has 0 aliphatic heterocycles. The van der Waals surface area contributed by atoms with Crippen molar-refractivity contribution in [3.8, 4) is 0 Å². The molecule has 22 heavy (non-hydrogen) atoms. The maximum absolute atomic E-state index is 12.7. The summed E-state index contributed by atoms with van der Waals surface area (Å²) < 4.78 is 12.7. The molecule has 0 spiro atoms. The Kier molecular flexibility index (Phi) is 4.95. The summed E-state index contributed by atoms with van der Waals surface area (Å²) in [6.45, 7) is 0. The molecule has 114 valence electrons. The molecule has 5 nitrogen and oxygen atoms in total. The van der Waals surface area contributed by atoms with Crippen molar-refractivity contribution in [2.75, 3.05) is 7.05 Å². The number of rotatable bonds is 4. The first-order valence-electron chi connectivity index (χ1n) is 6.19. The molecule has 1 amide bonds. The van der Waals surface area contributed by atoms with E-state index in [1.807, 2.05) is 0 Å². The topological polar surface area (TPSA) is 86.3 Å². The van der Waals surface area contributed by atoms with Gasteiger partial charge in [-0.1, -0.05) is 23.7 Å². The normalized spacial score (nSPS) is 11.7. The van der Waals surface area contributed by atoms with E-state index < -0.39 is 22.7 Å². The van der Waals surface area contributed by atoms with Crippen LogP contribution in [0.1, 0.15) is 20.7 Å². The van der Waals surface area contributed by atoms with E-state index in [9.17, 15) is 18.9 Å². The van der Waals surface area contributed by atoms with Gasteiger partial charge in [-0.3, -0.25) is 4.79 Å². The van der Waals surface area contributed by atoms with Crippen LogP contribution in [0.4, 0.5) is 0 Å². The van der Waals surface area contributed by atoms with Crippen LogP contribution < -0.4 is 10.4 Å². The maximum atomic E-state index is 12.7. The summed E-state index contributed by atoms with van der Waals surface area (Å²) in [5, 5.41) is 13.8. The molecular formula is C15H11ClNO4S-. The van der Waals surface area contributed by atoms with E-state index in [-0.39, 0.29) is 25.9 Å². The Morgan fingerprint density at radius 1 is 1.09 bits per heavy atom. The van der Waals surface area contributed by atoms with Crippen LogP contribution in [0.2, 0.25) is 5.02 Å². The lowest BCUT2D eigenvalue weighted by Crippen LogP contribution is -2.24. The van der Waals surface area contributed by atoms with Gasteiger partial charge in [-0.2, -0.15) is 0 Å². The minimum Gasteiger partial charge on any atom is -0.545 e. The van der Waals surface area contributed by atoms with Gasteiger partial charge in [0.15, 0.2) is 0 Å². The molecule has 1 atom stereocenters. The molecule has 2 aromatic rings. The van der Waals surface area contributed by atoms with Crippen LogP contribution in [0, 0.1) is 0 Å². The lowest BCUT2D eigenvalue weighted by Gasteiger charge is -2.13. The second-order valence-corrected chi connectivity index (χ2v) is 6.13. The second kappa shape index (κ2) is 6.72. The van der Waals surface area contributed by atoms with Crippen molar-refractivity contribution >= 4 is 34.3 Å². The summed E-state index contributed by atoms with van der Waals surface area (Å²) in [4.78, 5) is 23.3. The smallest absolute Gasteiger partial charge is 0.252 e. The van der Waals surface area contributed by atoms with Crippen molar-refractivity contribution in [3.63, 3.8) is 0 Å². The number of amides is 1. The highest BCUT2D eigenvalue weighted by Crippen LogP contribution is 2.25. The lowest BCUT2D eigenvalue weighted by atomic mass is 10.2. The monoisotopic (exact) mass is 336 g/mol. The summed E-state index contributed by atoms with van der Waals surface area (Å²) >= 11 is 5.76. The van der Waals surface area contributed by atoms with Gasteiger partial charge in [0.2, 0.25) is 0 Å². The average Bonchev–Trinajstić information content (AvgIpc) is 2.53. The third kappa shape index (κ3) is 3.18. The van der Waals surface area contributed by atoms with Crippen molar-refractivity contribution in [1.82, 2.24) is 5.32 Å². The van der Waals surface area contributed by atoms with Gasteiger partial charge in [0.25, 0.3) is 5.91 Å². The van der Waals surface area contributed by atoms with Gasteiger partial charge < -0.3 is 15.2 Å². The Morgan fingerprint density at radius 3 is 2.36 bits per heavy atom. The van der Waals surface area contributed by atoms with Gasteiger partial charge in [0.05, 0.1) is 32.1 Å². The molecule has 0 saturated heterocycles. The number of hydrogen-bond acceptors (Lipinski definition) is 4. The number of carboxylic acid groups (broad SMARTS) is 1. The van der Waals surface area contributed by atoms with E-state index in [2.05, 4.69) is 5.32 Å². The number of carboxylic acids is 1. The Morgan fingerprint density at radius 2 is 1.73 bits per heavy atom. The number of hydrogen-bond donors (Lipinski definition) is 1. The van der Waals surface area contributed by atoms with E-state index in [1.54, 1.807) is 12.1 Å². The third-order valence-electron chi connectivity index (χ3n) is 2.92. The molecule has 0 heterocycles. The van der Waals surface area contributed by atoms with Gasteiger partial charge in [-0.25, -0.2) is 4.21 Å². The molecule has 0 aliphatic rings. The third-order valence-corrected chi connectivity index (χ3v) is 4.67. The van der Waals surface area contributed by atoms with Gasteiger partial charge in [0, 0.05) is 17.6 Å². The van der Waals surface area contributed by atoms with Crippen LogP contribution in [0.25, 0.3) is 0 Å². The average molecular weight is 337 g/mol. The molecule has 7 heteroatoms. The molecule has 0 saturated carbocycles. The standard InChI is InChI=1S/C15H12ClNO4S/c1-17-14(18)10-4-2-3-5-12(10)22(21)13-7-6-9(16)8-11(13)15(19)20/h2-8H,1H3,(H,17,18)(H,19,20)/p-1/t22-/m0/s1. The van der Waals surface area contributed by atoms with E-state index in [0.717, 1.165) is 0 Å². The summed E-state index contributed by atoms with van der Waals surface area (Å²) in [5.41, 5.74) is -0.0554. The summed E-state index contributed by atoms with van der Waals surface area (Å²) in [5.74, 6) is -1.89. The Labute approximate surface area is 134 Å². The molecule has 0 fully saturated rings. The number of nitrogens with one attached hydrogen (secondary N) is 1. The highest BCUT2D eigenvalue weighted by molar-refractivity contribution is 7.85. The molecule has 0 aromatic heterocycles. The number of benzene rings is 2. The number of halogens is 1. The molecule has 2 aromatic carbocycles. The lowest BCUT2D eigenvalue weighted by molar-refractivity contribution is -0.255. The second-order valence-electron chi connectivity index (χ2n) is 4.27. The minimum absolute atomic E-state index is 0.0285. The molecule has 1 N–H and O–H groups in total. The summed E-state index contributed by atoms with van der Waals surface area (Å²) in [6, 6.07) is 10.2. The fourth-order valence-corrected chi connectivity index (χ4v) is 3.40. The zero-order valence-corrected chi connectivity index (χ0v) is 13.0. The van der Waals surface area contributed by atoms with E-state index in [0.29, 0.717) is 0 Å². The zero-order valence-electron chi connectivity index (χ0n) is 11.5. The van der Waals surface area contributed by atoms with Gasteiger partial charge in [-0.15, -0.1) is 0 Å². The molecule has 0 bridgehead atoms. The van der Waals surface area contributed by atoms with Crippen LogP contribution in [-0.2, 0) is 10.8 Å². The Hall–Kier alpha value is -2.18.